The molecule has 0 bridgehead atoms. The molecule has 0 spiro atoms. The highest BCUT2D eigenvalue weighted by atomic mass is 32.2. The van der Waals surface area contributed by atoms with Gasteiger partial charge < -0.3 is 25.4 Å². The van der Waals surface area contributed by atoms with E-state index in [1.807, 2.05) is 84.9 Å². The van der Waals surface area contributed by atoms with E-state index in [0.29, 0.717) is 38.2 Å². The molecular weight excluding hydrogens is 580 g/mol. The van der Waals surface area contributed by atoms with Crippen molar-refractivity contribution in [3.8, 4) is 0 Å². The van der Waals surface area contributed by atoms with Crippen LogP contribution in [0.1, 0.15) is 41.9 Å². The number of morpholine rings is 1. The van der Waals surface area contributed by atoms with Crippen molar-refractivity contribution in [1.29, 1.82) is 0 Å². The van der Waals surface area contributed by atoms with Gasteiger partial charge in [0.15, 0.2) is 0 Å². The van der Waals surface area contributed by atoms with Gasteiger partial charge in [0.05, 0.1) is 25.1 Å². The van der Waals surface area contributed by atoms with Crippen molar-refractivity contribution in [2.45, 2.75) is 55.0 Å². The first kappa shape index (κ1) is 31.6. The Hall–Kier alpha value is -3.77. The second-order valence-electron chi connectivity index (χ2n) is 11.3. The molecule has 2 fully saturated rings. The monoisotopic (exact) mass is 620 g/mol. The number of carbonyl (C=O) groups is 2. The molecule has 3 aromatic rings. The first-order valence-corrected chi connectivity index (χ1v) is 16.6. The minimum atomic E-state index is -3.22. The van der Waals surface area contributed by atoms with Crippen LogP contribution < -0.4 is 20.7 Å². The Bertz CT molecular complexity index is 1450. The molecule has 3 atom stereocenters. The third-order valence-electron chi connectivity index (χ3n) is 8.06. The number of amides is 2. The molecule has 4 N–H and O–H groups in total. The van der Waals surface area contributed by atoms with E-state index in [4.69, 9.17) is 9.47 Å². The average Bonchev–Trinajstić information content (AvgIpc) is 3.91. The van der Waals surface area contributed by atoms with Crippen LogP contribution in [0.3, 0.4) is 0 Å². The number of alkyl carbamates (subject to hydrolysis) is 1. The Morgan fingerprint density at radius 2 is 1.59 bits per heavy atom. The van der Waals surface area contributed by atoms with Gasteiger partial charge >= 0.3 is 6.09 Å². The zero-order valence-electron chi connectivity index (χ0n) is 24.8. The predicted octanol–water partition coefficient (Wildman–Crippen LogP) is 3.55. The number of rotatable bonds is 13. The van der Waals surface area contributed by atoms with E-state index in [9.17, 15) is 18.0 Å². The molecule has 234 valence electrons. The molecule has 44 heavy (non-hydrogen) atoms. The number of nitrogens with one attached hydrogen (secondary N) is 4. The minimum absolute atomic E-state index is 0.0515. The van der Waals surface area contributed by atoms with Crippen molar-refractivity contribution in [1.82, 2.24) is 15.4 Å². The molecule has 3 aromatic carbocycles. The van der Waals surface area contributed by atoms with Crippen molar-refractivity contribution < 1.29 is 27.5 Å². The van der Waals surface area contributed by atoms with Crippen LogP contribution in [0.2, 0.25) is 0 Å². The van der Waals surface area contributed by atoms with Crippen molar-refractivity contribution in [3.05, 3.63) is 102 Å². The highest BCUT2D eigenvalue weighted by molar-refractivity contribution is 7.90. The molecule has 1 heterocycles. The fourth-order valence-corrected chi connectivity index (χ4v) is 6.89. The minimum Gasteiger partial charge on any atom is -0.453 e. The maximum atomic E-state index is 14.0. The number of aryl methyl sites for hydroxylation is 1. The highest BCUT2D eigenvalue weighted by Gasteiger charge is 2.36. The fraction of sp³-hybridized carbons (Fsp3) is 0.394. The van der Waals surface area contributed by atoms with Crippen LogP contribution in [0.25, 0.3) is 0 Å². The molecule has 1 saturated heterocycles. The summed E-state index contributed by atoms with van der Waals surface area (Å²) in [6, 6.07) is 25.8. The lowest BCUT2D eigenvalue weighted by Crippen LogP contribution is -2.51. The lowest BCUT2D eigenvalue weighted by atomic mass is 9.84. The van der Waals surface area contributed by atoms with Crippen LogP contribution in [0.15, 0.2) is 84.9 Å². The number of anilines is 1. The zero-order valence-corrected chi connectivity index (χ0v) is 25.6. The molecule has 10 nitrogen and oxygen atoms in total. The maximum absolute atomic E-state index is 14.0. The second-order valence-corrected chi connectivity index (χ2v) is 13.3. The van der Waals surface area contributed by atoms with Gasteiger partial charge in [0, 0.05) is 30.7 Å². The number of ether oxygens (including phenoxy) is 2. The first-order chi connectivity index (χ1) is 21.3. The number of methoxy groups -OCH3 is 1. The van der Waals surface area contributed by atoms with Crippen LogP contribution in [-0.2, 0) is 30.7 Å². The molecule has 1 aliphatic heterocycles. The van der Waals surface area contributed by atoms with Gasteiger partial charge in [-0.15, -0.1) is 0 Å². The molecule has 2 aliphatic rings. The van der Waals surface area contributed by atoms with Crippen molar-refractivity contribution >= 4 is 27.7 Å². The van der Waals surface area contributed by atoms with E-state index in [0.717, 1.165) is 29.5 Å². The van der Waals surface area contributed by atoms with E-state index < -0.39 is 28.1 Å². The molecular formula is C33H40N4O6S. The predicted molar refractivity (Wildman–Crippen MR) is 169 cm³/mol. The summed E-state index contributed by atoms with van der Waals surface area (Å²) >= 11 is 0. The van der Waals surface area contributed by atoms with Crippen LogP contribution in [0, 0.1) is 0 Å². The summed E-state index contributed by atoms with van der Waals surface area (Å²) in [7, 11) is -1.95. The number of para-hydroxylation sites is 1. The van der Waals surface area contributed by atoms with Crippen LogP contribution in [0.5, 0.6) is 0 Å². The Balaban J connectivity index is 1.24. The molecule has 5 rings (SSSR count). The smallest absolute Gasteiger partial charge is 0.407 e. The summed E-state index contributed by atoms with van der Waals surface area (Å²) in [6.07, 6.45) is 2.08. The van der Waals surface area contributed by atoms with E-state index in [-0.39, 0.29) is 23.3 Å². The first-order valence-electron chi connectivity index (χ1n) is 15.0. The summed E-state index contributed by atoms with van der Waals surface area (Å²) < 4.78 is 37.9. The molecule has 0 radical (unpaired) electrons. The number of hydrogen-bond acceptors (Lipinski definition) is 7. The van der Waals surface area contributed by atoms with Crippen molar-refractivity contribution in [2.75, 3.05) is 32.1 Å². The van der Waals surface area contributed by atoms with Gasteiger partial charge in [-0.25, -0.2) is 17.9 Å². The van der Waals surface area contributed by atoms with Gasteiger partial charge in [-0.1, -0.05) is 78.9 Å². The number of carbonyl (C=O) groups excluding carboxylic acids is 2. The maximum Gasteiger partial charge on any atom is 0.407 e. The quantitative estimate of drug-likeness (QED) is 0.230. The summed E-state index contributed by atoms with van der Waals surface area (Å²) in [5.74, 6) is -0.834. The number of benzene rings is 3. The molecule has 1 saturated carbocycles. The third kappa shape index (κ3) is 8.44. The summed E-state index contributed by atoms with van der Waals surface area (Å²) in [4.78, 5) is 26.4. The van der Waals surface area contributed by atoms with Gasteiger partial charge in [0.2, 0.25) is 15.9 Å². The summed E-state index contributed by atoms with van der Waals surface area (Å²) in [5, 5.41) is 9.00. The lowest BCUT2D eigenvalue weighted by molar-refractivity contribution is -0.118. The SMILES string of the molecule is COC(=O)NC(C(=O)Nc1ccccc1CC[C@@H]1CN[C@H](CNS(=O)(=O)C2CC2)CO1)C(c1ccccc1)c1ccccc1. The number of sulfonamides is 1. The Morgan fingerprint density at radius 3 is 2.18 bits per heavy atom. The van der Waals surface area contributed by atoms with Gasteiger partial charge in [0.1, 0.15) is 6.04 Å². The number of hydrogen-bond donors (Lipinski definition) is 4. The highest BCUT2D eigenvalue weighted by Crippen LogP contribution is 2.30. The Kier molecular flexibility index (Phi) is 10.6. The topological polar surface area (TPSA) is 135 Å². The van der Waals surface area contributed by atoms with E-state index >= 15 is 0 Å². The van der Waals surface area contributed by atoms with Gasteiger partial charge in [-0.3, -0.25) is 4.79 Å². The van der Waals surface area contributed by atoms with E-state index in [1.165, 1.54) is 7.11 Å². The summed E-state index contributed by atoms with van der Waals surface area (Å²) in [5.41, 5.74) is 3.36. The molecule has 1 aliphatic carbocycles. The van der Waals surface area contributed by atoms with Crippen LogP contribution in [0.4, 0.5) is 10.5 Å². The summed E-state index contributed by atoms with van der Waals surface area (Å²) in [6.45, 7) is 1.33. The zero-order chi connectivity index (χ0) is 30.9. The second kappa shape index (κ2) is 14.8. The van der Waals surface area contributed by atoms with E-state index in [2.05, 4.69) is 20.7 Å². The largest absolute Gasteiger partial charge is 0.453 e. The Labute approximate surface area is 259 Å². The van der Waals surface area contributed by atoms with Crippen molar-refractivity contribution in [2.24, 2.45) is 0 Å². The fourth-order valence-electron chi connectivity index (χ4n) is 5.47. The van der Waals surface area contributed by atoms with Gasteiger partial charge in [-0.05, 0) is 48.4 Å². The molecule has 0 aromatic heterocycles. The standard InChI is InChI=1S/C33H40N4O6S/c1-42-33(39)37-31(30(24-11-4-2-5-12-24)25-13-6-3-7-14-25)32(38)36-29-15-9-8-10-23(29)16-17-27-21-34-26(22-43-27)20-35-44(40,41)28-18-19-28/h2-15,26-28,30-31,34-35H,16-22H2,1H3,(H,36,38)(H,37,39)/t26-,27-,31?/m1/s1. The molecule has 11 heteroatoms. The van der Waals surface area contributed by atoms with Crippen LogP contribution in [-0.4, -0.2) is 70.7 Å². The Morgan fingerprint density at radius 1 is 0.955 bits per heavy atom. The van der Waals surface area contributed by atoms with E-state index in [1.54, 1.807) is 0 Å². The van der Waals surface area contributed by atoms with Crippen LogP contribution >= 0.6 is 0 Å². The van der Waals surface area contributed by atoms with Gasteiger partial charge in [-0.2, -0.15) is 0 Å². The molecule has 1 unspecified atom stereocenters. The van der Waals surface area contributed by atoms with Crippen molar-refractivity contribution in [3.63, 3.8) is 0 Å². The normalized spacial score (nSPS) is 19.2. The van der Waals surface area contributed by atoms with Gasteiger partial charge in [0.25, 0.3) is 0 Å². The lowest BCUT2D eigenvalue weighted by Gasteiger charge is -2.31. The molecule has 2 amide bonds. The average molecular weight is 621 g/mol. The third-order valence-corrected chi connectivity index (χ3v) is 9.98.